The molecule has 0 radical (unpaired) electrons. The molecule has 0 heterocycles. The smallest absolute Gasteiger partial charge is 0.131 e. The molecule has 0 amide bonds. The summed E-state index contributed by atoms with van der Waals surface area (Å²) in [6.07, 6.45) is 0. The van der Waals surface area contributed by atoms with Crippen molar-refractivity contribution >= 4 is 0 Å². The molecule has 0 aliphatic rings. The fourth-order valence-corrected chi connectivity index (χ4v) is 2.00. The van der Waals surface area contributed by atoms with Gasteiger partial charge in [-0.1, -0.05) is 42.8 Å². The van der Waals surface area contributed by atoms with Crippen molar-refractivity contribution in [2.75, 3.05) is 6.54 Å². The second kappa shape index (κ2) is 6.39. The van der Waals surface area contributed by atoms with E-state index in [1.54, 1.807) is 0 Å². The Bertz CT molecular complexity index is 549. The van der Waals surface area contributed by atoms with Crippen molar-refractivity contribution in [2.24, 2.45) is 0 Å². The minimum atomic E-state index is 0.833. The molecule has 2 aromatic carbocycles. The maximum Gasteiger partial charge on any atom is 0.131 e. The largest absolute Gasteiger partial charge is 0.457 e. The first kappa shape index (κ1) is 13.6. The van der Waals surface area contributed by atoms with Crippen LogP contribution in [0.2, 0.25) is 0 Å². The molecule has 0 aromatic heterocycles. The molecule has 1 N–H and O–H groups in total. The highest BCUT2D eigenvalue weighted by Gasteiger charge is 2.06. The number of ether oxygens (including phenoxy) is 1. The summed E-state index contributed by atoms with van der Waals surface area (Å²) in [4.78, 5) is 0. The van der Waals surface area contributed by atoms with E-state index in [1.807, 2.05) is 18.2 Å². The van der Waals surface area contributed by atoms with E-state index in [4.69, 9.17) is 4.74 Å². The maximum absolute atomic E-state index is 6.05. The van der Waals surface area contributed by atoms with Crippen LogP contribution in [-0.2, 0) is 6.54 Å². The highest BCUT2D eigenvalue weighted by atomic mass is 16.5. The number of hydrogen-bond acceptors (Lipinski definition) is 2. The summed E-state index contributed by atoms with van der Waals surface area (Å²) < 4.78 is 6.05. The Kier molecular flexibility index (Phi) is 4.58. The first-order chi connectivity index (χ1) is 9.20. The molecule has 0 bridgehead atoms. The zero-order valence-corrected chi connectivity index (χ0v) is 11.9. The fraction of sp³-hybridized carbons (Fsp3) is 0.294. The summed E-state index contributed by atoms with van der Waals surface area (Å²) in [5.74, 6) is 1.85. The molecule has 0 aliphatic carbocycles. The van der Waals surface area contributed by atoms with Crippen LogP contribution < -0.4 is 10.1 Å². The number of hydrogen-bond donors (Lipinski definition) is 1. The van der Waals surface area contributed by atoms with Crippen molar-refractivity contribution in [2.45, 2.75) is 27.3 Å². The standard InChI is InChI=1S/C17H21NO/c1-4-18-12-15-11-13(2)9-10-17(15)19-16-8-6-5-7-14(16)3/h5-11,18H,4,12H2,1-3H3. The van der Waals surface area contributed by atoms with Gasteiger partial charge in [0.1, 0.15) is 11.5 Å². The van der Waals surface area contributed by atoms with Crippen LogP contribution in [0.5, 0.6) is 11.5 Å². The predicted molar refractivity (Wildman–Crippen MR) is 79.8 cm³/mol. The third-order valence-corrected chi connectivity index (χ3v) is 3.09. The number of benzene rings is 2. The summed E-state index contributed by atoms with van der Waals surface area (Å²) >= 11 is 0. The Labute approximate surface area is 115 Å². The summed E-state index contributed by atoms with van der Waals surface area (Å²) in [7, 11) is 0. The van der Waals surface area contributed by atoms with Crippen LogP contribution in [-0.4, -0.2) is 6.54 Å². The van der Waals surface area contributed by atoms with Crippen LogP contribution in [0.4, 0.5) is 0 Å². The lowest BCUT2D eigenvalue weighted by molar-refractivity contribution is 0.469. The first-order valence-electron chi connectivity index (χ1n) is 6.74. The van der Waals surface area contributed by atoms with Crippen LogP contribution in [0.1, 0.15) is 23.6 Å². The van der Waals surface area contributed by atoms with Gasteiger partial charge in [0.15, 0.2) is 0 Å². The molecule has 2 heteroatoms. The van der Waals surface area contributed by atoms with Gasteiger partial charge in [-0.2, -0.15) is 0 Å². The maximum atomic E-state index is 6.05. The quantitative estimate of drug-likeness (QED) is 0.864. The molecule has 0 spiro atoms. The average Bonchev–Trinajstić information content (AvgIpc) is 2.41. The second-order valence-electron chi connectivity index (χ2n) is 4.76. The molecule has 0 aliphatic heterocycles. The summed E-state index contributed by atoms with van der Waals surface area (Å²) in [6.45, 7) is 8.06. The van der Waals surface area contributed by atoms with Gasteiger partial charge < -0.3 is 10.1 Å². The summed E-state index contributed by atoms with van der Waals surface area (Å²) in [5, 5.41) is 3.35. The van der Waals surface area contributed by atoms with Crippen molar-refractivity contribution < 1.29 is 4.74 Å². The van der Waals surface area contributed by atoms with Crippen LogP contribution >= 0.6 is 0 Å². The predicted octanol–water partition coefficient (Wildman–Crippen LogP) is 4.21. The van der Waals surface area contributed by atoms with Crippen molar-refractivity contribution in [3.63, 3.8) is 0 Å². The first-order valence-corrected chi connectivity index (χ1v) is 6.74. The molecule has 2 rings (SSSR count). The highest BCUT2D eigenvalue weighted by molar-refractivity contribution is 5.42. The van der Waals surface area contributed by atoms with Gasteiger partial charge in [0.25, 0.3) is 0 Å². The van der Waals surface area contributed by atoms with E-state index in [-0.39, 0.29) is 0 Å². The number of para-hydroxylation sites is 1. The van der Waals surface area contributed by atoms with Gasteiger partial charge in [-0.15, -0.1) is 0 Å². The molecule has 0 saturated carbocycles. The fourth-order valence-electron chi connectivity index (χ4n) is 2.00. The molecule has 100 valence electrons. The highest BCUT2D eigenvalue weighted by Crippen LogP contribution is 2.28. The summed E-state index contributed by atoms with van der Waals surface area (Å²) in [5.41, 5.74) is 3.60. The third kappa shape index (κ3) is 3.58. The molecule has 0 unspecified atom stereocenters. The Hall–Kier alpha value is -1.80. The zero-order valence-electron chi connectivity index (χ0n) is 11.9. The van der Waals surface area contributed by atoms with Gasteiger partial charge >= 0.3 is 0 Å². The van der Waals surface area contributed by atoms with Crippen LogP contribution in [0.3, 0.4) is 0 Å². The van der Waals surface area contributed by atoms with Gasteiger partial charge in [0.05, 0.1) is 0 Å². The van der Waals surface area contributed by atoms with Gasteiger partial charge in [-0.25, -0.2) is 0 Å². The lowest BCUT2D eigenvalue weighted by Crippen LogP contribution is -2.12. The van der Waals surface area contributed by atoms with Crippen molar-refractivity contribution in [3.05, 3.63) is 59.2 Å². The van der Waals surface area contributed by atoms with Gasteiger partial charge in [-0.3, -0.25) is 0 Å². The SMILES string of the molecule is CCNCc1cc(C)ccc1Oc1ccccc1C. The van der Waals surface area contributed by atoms with Crippen molar-refractivity contribution in [1.82, 2.24) is 5.32 Å². The molecular weight excluding hydrogens is 234 g/mol. The van der Waals surface area contributed by atoms with E-state index in [0.717, 1.165) is 30.2 Å². The van der Waals surface area contributed by atoms with Crippen LogP contribution in [0.15, 0.2) is 42.5 Å². The van der Waals surface area contributed by atoms with Gasteiger partial charge in [-0.05, 0) is 38.1 Å². The Morgan fingerprint density at radius 1 is 1.00 bits per heavy atom. The Morgan fingerprint density at radius 2 is 1.79 bits per heavy atom. The van der Waals surface area contributed by atoms with E-state index < -0.39 is 0 Å². The zero-order chi connectivity index (χ0) is 13.7. The topological polar surface area (TPSA) is 21.3 Å². The number of nitrogens with one attached hydrogen (secondary N) is 1. The molecular formula is C17H21NO. The van der Waals surface area contributed by atoms with Crippen molar-refractivity contribution in [1.29, 1.82) is 0 Å². The molecule has 2 nitrogen and oxygen atoms in total. The van der Waals surface area contributed by atoms with Gasteiger partial charge in [0, 0.05) is 12.1 Å². The van der Waals surface area contributed by atoms with E-state index in [1.165, 1.54) is 11.1 Å². The molecule has 0 fully saturated rings. The second-order valence-corrected chi connectivity index (χ2v) is 4.76. The molecule has 19 heavy (non-hydrogen) atoms. The lowest BCUT2D eigenvalue weighted by Gasteiger charge is -2.14. The van der Waals surface area contributed by atoms with E-state index in [9.17, 15) is 0 Å². The third-order valence-electron chi connectivity index (χ3n) is 3.09. The van der Waals surface area contributed by atoms with Crippen LogP contribution in [0, 0.1) is 13.8 Å². The van der Waals surface area contributed by atoms with Gasteiger partial charge in [0.2, 0.25) is 0 Å². The number of rotatable bonds is 5. The van der Waals surface area contributed by atoms with Crippen molar-refractivity contribution in [3.8, 4) is 11.5 Å². The monoisotopic (exact) mass is 255 g/mol. The lowest BCUT2D eigenvalue weighted by atomic mass is 10.1. The van der Waals surface area contributed by atoms with E-state index in [0.29, 0.717) is 0 Å². The minimum absolute atomic E-state index is 0.833. The minimum Gasteiger partial charge on any atom is -0.457 e. The summed E-state index contributed by atoms with van der Waals surface area (Å²) in [6, 6.07) is 14.4. The van der Waals surface area contributed by atoms with E-state index in [2.05, 4.69) is 50.4 Å². The molecule has 0 saturated heterocycles. The number of aryl methyl sites for hydroxylation is 2. The Balaban J connectivity index is 2.26. The van der Waals surface area contributed by atoms with Crippen LogP contribution in [0.25, 0.3) is 0 Å². The molecule has 0 atom stereocenters. The van der Waals surface area contributed by atoms with E-state index >= 15 is 0 Å². The Morgan fingerprint density at radius 3 is 2.53 bits per heavy atom. The normalized spacial score (nSPS) is 10.5. The average molecular weight is 255 g/mol. The molecule has 2 aromatic rings.